The largest absolute Gasteiger partial charge is 0.493 e. The Balaban J connectivity index is 2.17. The van der Waals surface area contributed by atoms with Crippen LogP contribution in [0.25, 0.3) is 5.57 Å². The third kappa shape index (κ3) is 4.01. The average Bonchev–Trinajstić information content (AvgIpc) is 2.54. The first-order chi connectivity index (χ1) is 10.6. The molecule has 2 rings (SSSR count). The Hall–Kier alpha value is -2.48. The average molecular weight is 294 g/mol. The summed E-state index contributed by atoms with van der Waals surface area (Å²) in [5.74, 6) is 1.44. The molecule has 0 amide bonds. The van der Waals surface area contributed by atoms with Gasteiger partial charge in [0.2, 0.25) is 0 Å². The first kappa shape index (κ1) is 15.9. The second-order valence-corrected chi connectivity index (χ2v) is 5.26. The van der Waals surface area contributed by atoms with Crippen molar-refractivity contribution in [2.45, 2.75) is 20.3 Å². The van der Waals surface area contributed by atoms with Crippen LogP contribution >= 0.6 is 0 Å². The first-order valence-electron chi connectivity index (χ1n) is 7.32. The maximum absolute atomic E-state index is 5.79. The fourth-order valence-electron chi connectivity index (χ4n) is 2.14. The minimum absolute atomic E-state index is 0.710. The highest BCUT2D eigenvalue weighted by Gasteiger charge is 2.05. The summed E-state index contributed by atoms with van der Waals surface area (Å²) >= 11 is 0. The van der Waals surface area contributed by atoms with Crippen LogP contribution in [0.2, 0.25) is 0 Å². The maximum Gasteiger partial charge on any atom is 0.168 e. The van der Waals surface area contributed by atoms with Gasteiger partial charge in [-0.1, -0.05) is 42.0 Å². The van der Waals surface area contributed by atoms with E-state index in [1.807, 2.05) is 31.2 Å². The van der Waals surface area contributed by atoms with E-state index in [1.165, 1.54) is 5.56 Å². The van der Waals surface area contributed by atoms with Gasteiger partial charge in [-0.2, -0.15) is 0 Å². The summed E-state index contributed by atoms with van der Waals surface area (Å²) in [5, 5.41) is 0. The van der Waals surface area contributed by atoms with Crippen LogP contribution in [0.1, 0.15) is 23.6 Å². The lowest BCUT2D eigenvalue weighted by Crippen LogP contribution is -1.93. The number of allylic oxidation sites excluding steroid dienone is 2. The number of hydrogen-bond acceptors (Lipinski definition) is 2. The molecule has 0 saturated carbocycles. The third-order valence-electron chi connectivity index (χ3n) is 3.48. The van der Waals surface area contributed by atoms with Gasteiger partial charge in [0.25, 0.3) is 0 Å². The molecule has 2 heteroatoms. The van der Waals surface area contributed by atoms with Crippen molar-refractivity contribution in [3.05, 3.63) is 78.1 Å². The van der Waals surface area contributed by atoms with Crippen molar-refractivity contribution < 1.29 is 9.47 Å². The quantitative estimate of drug-likeness (QED) is 0.540. The van der Waals surface area contributed by atoms with Gasteiger partial charge in [0.1, 0.15) is 0 Å². The topological polar surface area (TPSA) is 18.5 Å². The summed E-state index contributed by atoms with van der Waals surface area (Å²) in [5.41, 5.74) is 4.61. The number of hydrogen-bond donors (Lipinski definition) is 0. The molecule has 0 atom stereocenters. The lowest BCUT2D eigenvalue weighted by Gasteiger charge is -2.10. The van der Waals surface area contributed by atoms with Crippen molar-refractivity contribution in [1.82, 2.24) is 0 Å². The van der Waals surface area contributed by atoms with Gasteiger partial charge in [-0.15, -0.1) is 6.58 Å². The van der Waals surface area contributed by atoms with E-state index in [4.69, 9.17) is 9.47 Å². The van der Waals surface area contributed by atoms with Crippen molar-refractivity contribution in [3.63, 3.8) is 0 Å². The molecule has 0 heterocycles. The molecular formula is C20H22O2. The van der Waals surface area contributed by atoms with E-state index >= 15 is 0 Å². The summed E-state index contributed by atoms with van der Waals surface area (Å²) < 4.78 is 11.2. The number of ether oxygens (including phenoxy) is 2. The lowest BCUT2D eigenvalue weighted by molar-refractivity contribution is 0.378. The van der Waals surface area contributed by atoms with Crippen LogP contribution in [-0.4, -0.2) is 7.11 Å². The molecule has 0 fully saturated rings. The molecule has 0 saturated heterocycles. The summed E-state index contributed by atoms with van der Waals surface area (Å²) in [7, 11) is 1.65. The number of aryl methyl sites for hydroxylation is 1. The van der Waals surface area contributed by atoms with Crippen molar-refractivity contribution in [3.8, 4) is 11.5 Å². The van der Waals surface area contributed by atoms with Crippen LogP contribution in [0, 0.1) is 6.92 Å². The molecule has 0 radical (unpaired) electrons. The van der Waals surface area contributed by atoms with E-state index in [-0.39, 0.29) is 0 Å². The van der Waals surface area contributed by atoms with Gasteiger partial charge in [-0.05, 0) is 49.1 Å². The predicted molar refractivity (Wildman–Crippen MR) is 92.4 cm³/mol. The standard InChI is InChI=1S/C20H22O2/c1-5-6-17-9-12-19(20(13-17)21-4)22-14-16(3)18-10-7-15(2)8-11-18/h5,7-14H,1,6H2,2-4H3. The zero-order chi connectivity index (χ0) is 15.9. The number of rotatable bonds is 6. The molecule has 0 aliphatic rings. The van der Waals surface area contributed by atoms with Gasteiger partial charge in [-0.25, -0.2) is 0 Å². The molecule has 2 nitrogen and oxygen atoms in total. The third-order valence-corrected chi connectivity index (χ3v) is 3.48. The monoisotopic (exact) mass is 294 g/mol. The van der Waals surface area contributed by atoms with Crippen molar-refractivity contribution >= 4 is 5.57 Å². The fourth-order valence-corrected chi connectivity index (χ4v) is 2.14. The molecule has 2 aromatic carbocycles. The lowest BCUT2D eigenvalue weighted by atomic mass is 10.1. The second kappa shape index (κ2) is 7.51. The summed E-state index contributed by atoms with van der Waals surface area (Å²) in [6.07, 6.45) is 4.45. The number of methoxy groups -OCH3 is 1. The molecule has 0 aromatic heterocycles. The van der Waals surface area contributed by atoms with E-state index in [0.717, 1.165) is 28.9 Å². The van der Waals surface area contributed by atoms with Crippen LogP contribution < -0.4 is 9.47 Å². The Morgan fingerprint density at radius 2 is 1.82 bits per heavy atom. The van der Waals surface area contributed by atoms with Crippen LogP contribution in [0.3, 0.4) is 0 Å². The molecule has 0 aliphatic heterocycles. The van der Waals surface area contributed by atoms with Crippen LogP contribution in [-0.2, 0) is 6.42 Å². The molecule has 0 bridgehead atoms. The van der Waals surface area contributed by atoms with Gasteiger partial charge in [0.15, 0.2) is 11.5 Å². The van der Waals surface area contributed by atoms with Crippen LogP contribution in [0.5, 0.6) is 11.5 Å². The van der Waals surface area contributed by atoms with E-state index < -0.39 is 0 Å². The number of benzene rings is 2. The van der Waals surface area contributed by atoms with E-state index in [2.05, 4.69) is 37.8 Å². The van der Waals surface area contributed by atoms with Crippen LogP contribution in [0.15, 0.2) is 61.4 Å². The Morgan fingerprint density at radius 3 is 2.45 bits per heavy atom. The fraction of sp³-hybridized carbons (Fsp3) is 0.200. The molecule has 0 N–H and O–H groups in total. The zero-order valence-corrected chi connectivity index (χ0v) is 13.4. The minimum atomic E-state index is 0.710. The van der Waals surface area contributed by atoms with E-state index in [1.54, 1.807) is 13.4 Å². The zero-order valence-electron chi connectivity index (χ0n) is 13.4. The highest BCUT2D eigenvalue weighted by atomic mass is 16.5. The smallest absolute Gasteiger partial charge is 0.168 e. The van der Waals surface area contributed by atoms with E-state index in [9.17, 15) is 0 Å². The highest BCUT2D eigenvalue weighted by Crippen LogP contribution is 2.29. The minimum Gasteiger partial charge on any atom is -0.493 e. The molecule has 0 unspecified atom stereocenters. The van der Waals surface area contributed by atoms with Gasteiger partial charge in [-0.3, -0.25) is 0 Å². The molecular weight excluding hydrogens is 272 g/mol. The molecule has 22 heavy (non-hydrogen) atoms. The van der Waals surface area contributed by atoms with Crippen LogP contribution in [0.4, 0.5) is 0 Å². The molecule has 0 aliphatic carbocycles. The SMILES string of the molecule is C=CCc1ccc(OC=C(C)c2ccc(C)cc2)c(OC)c1. The highest BCUT2D eigenvalue weighted by molar-refractivity contribution is 5.63. The van der Waals surface area contributed by atoms with E-state index in [0.29, 0.717) is 5.75 Å². The van der Waals surface area contributed by atoms with Crippen molar-refractivity contribution in [2.75, 3.05) is 7.11 Å². The second-order valence-electron chi connectivity index (χ2n) is 5.26. The Kier molecular flexibility index (Phi) is 5.42. The Labute approximate surface area is 132 Å². The maximum atomic E-state index is 5.79. The Bertz CT molecular complexity index is 667. The normalized spacial score (nSPS) is 11.1. The van der Waals surface area contributed by atoms with Gasteiger partial charge in [0.05, 0.1) is 13.4 Å². The molecule has 0 spiro atoms. The van der Waals surface area contributed by atoms with Gasteiger partial charge in [0, 0.05) is 0 Å². The summed E-state index contributed by atoms with van der Waals surface area (Å²) in [4.78, 5) is 0. The van der Waals surface area contributed by atoms with Gasteiger partial charge >= 0.3 is 0 Å². The Morgan fingerprint density at radius 1 is 1.09 bits per heavy atom. The summed E-state index contributed by atoms with van der Waals surface area (Å²) in [6.45, 7) is 7.86. The first-order valence-corrected chi connectivity index (χ1v) is 7.32. The van der Waals surface area contributed by atoms with Gasteiger partial charge < -0.3 is 9.47 Å². The van der Waals surface area contributed by atoms with Crippen molar-refractivity contribution in [2.24, 2.45) is 0 Å². The predicted octanol–water partition coefficient (Wildman–Crippen LogP) is 5.17. The summed E-state index contributed by atoms with van der Waals surface area (Å²) in [6, 6.07) is 14.3. The van der Waals surface area contributed by atoms with Crippen molar-refractivity contribution in [1.29, 1.82) is 0 Å². The molecule has 114 valence electrons. The molecule has 2 aromatic rings.